The summed E-state index contributed by atoms with van der Waals surface area (Å²) in [7, 11) is 0. The summed E-state index contributed by atoms with van der Waals surface area (Å²) in [6.45, 7) is 1.94. The third-order valence-electron chi connectivity index (χ3n) is 5.77. The van der Waals surface area contributed by atoms with Gasteiger partial charge in [-0.1, -0.05) is 6.07 Å². The van der Waals surface area contributed by atoms with Crippen LogP contribution in [0, 0.1) is 5.82 Å². The number of nitrogens with zero attached hydrogens (tertiary/aromatic N) is 3. The van der Waals surface area contributed by atoms with Crippen LogP contribution in [0.1, 0.15) is 29.5 Å². The van der Waals surface area contributed by atoms with Crippen LogP contribution in [0.15, 0.2) is 71.9 Å². The van der Waals surface area contributed by atoms with Crippen molar-refractivity contribution in [2.24, 2.45) is 4.99 Å². The Labute approximate surface area is 174 Å². The molecule has 2 atom stereocenters. The van der Waals surface area contributed by atoms with Crippen molar-refractivity contribution < 1.29 is 9.18 Å². The third-order valence-corrected chi connectivity index (χ3v) is 5.77. The maximum atomic E-state index is 13.6. The van der Waals surface area contributed by atoms with Crippen molar-refractivity contribution in [3.63, 3.8) is 0 Å². The Balaban J connectivity index is 1.27. The minimum atomic E-state index is -0.576. The maximum absolute atomic E-state index is 13.6. The van der Waals surface area contributed by atoms with E-state index < -0.39 is 5.92 Å². The molecule has 2 aromatic carbocycles. The van der Waals surface area contributed by atoms with E-state index in [1.807, 2.05) is 30.5 Å². The van der Waals surface area contributed by atoms with Gasteiger partial charge in [-0.05, 0) is 66.6 Å². The first-order valence-corrected chi connectivity index (χ1v) is 10.1. The Morgan fingerprint density at radius 1 is 1.13 bits per heavy atom. The van der Waals surface area contributed by atoms with Gasteiger partial charge in [-0.3, -0.25) is 14.8 Å². The summed E-state index contributed by atoms with van der Waals surface area (Å²) in [5.74, 6) is -0.672. The molecule has 1 N–H and O–H groups in total. The molecule has 5 nitrogen and oxygen atoms in total. The molecule has 1 amide bonds. The number of anilines is 2. The van der Waals surface area contributed by atoms with Crippen LogP contribution in [0.25, 0.3) is 0 Å². The summed E-state index contributed by atoms with van der Waals surface area (Å²) in [5.41, 5.74) is 4.32. The van der Waals surface area contributed by atoms with Gasteiger partial charge in [0.15, 0.2) is 0 Å². The second-order valence-electron chi connectivity index (χ2n) is 7.68. The number of benzene rings is 2. The first kappa shape index (κ1) is 18.5. The van der Waals surface area contributed by atoms with Crippen molar-refractivity contribution in [3.8, 4) is 0 Å². The van der Waals surface area contributed by atoms with Crippen LogP contribution in [-0.4, -0.2) is 30.2 Å². The van der Waals surface area contributed by atoms with Gasteiger partial charge < -0.3 is 10.2 Å². The number of halogens is 1. The van der Waals surface area contributed by atoms with Gasteiger partial charge in [0.05, 0.1) is 5.69 Å². The highest BCUT2D eigenvalue weighted by molar-refractivity contribution is 6.12. The second kappa shape index (κ2) is 7.71. The Morgan fingerprint density at radius 2 is 2.00 bits per heavy atom. The lowest BCUT2D eigenvalue weighted by atomic mass is 10.0. The van der Waals surface area contributed by atoms with Gasteiger partial charge >= 0.3 is 0 Å². The molecular weight excluding hydrogens is 379 g/mol. The summed E-state index contributed by atoms with van der Waals surface area (Å²) in [4.78, 5) is 23.5. The fourth-order valence-corrected chi connectivity index (χ4v) is 4.17. The van der Waals surface area contributed by atoms with Crippen LogP contribution in [0.5, 0.6) is 0 Å². The molecule has 3 aromatic rings. The molecule has 30 heavy (non-hydrogen) atoms. The number of aromatic nitrogens is 1. The zero-order valence-electron chi connectivity index (χ0n) is 16.3. The lowest BCUT2D eigenvalue weighted by molar-refractivity contribution is -0.115. The van der Waals surface area contributed by atoms with Crippen molar-refractivity contribution >= 4 is 29.2 Å². The topological polar surface area (TPSA) is 57.6 Å². The molecule has 3 heterocycles. The summed E-state index contributed by atoms with van der Waals surface area (Å²) in [6, 6.07) is 18.4. The van der Waals surface area contributed by atoms with Crippen LogP contribution >= 0.6 is 0 Å². The standard InChI is InChI=1S/C24H21FN4O/c25-17-4-9-23-20(13-17)21(24(30)28-23)14-27-18-5-7-19(8-6-18)29-12-10-16(15-29)22-3-1-2-11-26-22/h1-9,11,13-14,16,21H,10,12,15H2,(H,28,30). The lowest BCUT2D eigenvalue weighted by Gasteiger charge is -2.18. The van der Waals surface area contributed by atoms with Crippen LogP contribution in [0.2, 0.25) is 0 Å². The molecule has 2 aliphatic heterocycles. The monoisotopic (exact) mass is 400 g/mol. The number of rotatable bonds is 4. The van der Waals surface area contributed by atoms with Gasteiger partial charge in [-0.25, -0.2) is 4.39 Å². The number of amides is 1. The molecule has 1 aromatic heterocycles. The van der Waals surface area contributed by atoms with Crippen LogP contribution in [-0.2, 0) is 4.79 Å². The van der Waals surface area contributed by atoms with Gasteiger partial charge in [-0.2, -0.15) is 0 Å². The van der Waals surface area contributed by atoms with Gasteiger partial charge in [-0.15, -0.1) is 0 Å². The Morgan fingerprint density at radius 3 is 2.80 bits per heavy atom. The SMILES string of the molecule is O=C1Nc2ccc(F)cc2C1C=Nc1ccc(N2CCC(c3ccccn3)C2)cc1. The Hall–Kier alpha value is -3.54. The van der Waals surface area contributed by atoms with E-state index in [0.29, 0.717) is 17.2 Å². The lowest BCUT2D eigenvalue weighted by Crippen LogP contribution is -2.19. The molecule has 0 saturated carbocycles. The predicted molar refractivity (Wildman–Crippen MR) is 116 cm³/mol. The Kier molecular flexibility index (Phi) is 4.75. The van der Waals surface area contributed by atoms with E-state index >= 15 is 0 Å². The zero-order valence-corrected chi connectivity index (χ0v) is 16.3. The van der Waals surface area contributed by atoms with Gasteiger partial charge in [0.25, 0.3) is 0 Å². The van der Waals surface area contributed by atoms with Crippen LogP contribution < -0.4 is 10.2 Å². The minimum Gasteiger partial charge on any atom is -0.371 e. The number of carbonyl (C=O) groups excluding carboxylic acids is 1. The largest absolute Gasteiger partial charge is 0.371 e. The average molecular weight is 400 g/mol. The molecule has 2 aliphatic rings. The third kappa shape index (κ3) is 3.56. The quantitative estimate of drug-likeness (QED) is 0.649. The zero-order chi connectivity index (χ0) is 20.5. The molecule has 0 spiro atoms. The number of hydrogen-bond acceptors (Lipinski definition) is 4. The maximum Gasteiger partial charge on any atom is 0.237 e. The molecule has 6 heteroatoms. The van der Waals surface area contributed by atoms with Gasteiger partial charge in [0, 0.05) is 48.5 Å². The van der Waals surface area contributed by atoms with Crippen molar-refractivity contribution in [2.45, 2.75) is 18.3 Å². The van der Waals surface area contributed by atoms with E-state index in [1.54, 1.807) is 12.3 Å². The van der Waals surface area contributed by atoms with Crippen LogP contribution in [0.3, 0.4) is 0 Å². The fourth-order valence-electron chi connectivity index (χ4n) is 4.17. The summed E-state index contributed by atoms with van der Waals surface area (Å²) in [5, 5.41) is 2.77. The molecular formula is C24H21FN4O. The molecule has 2 unspecified atom stereocenters. The van der Waals surface area contributed by atoms with Crippen molar-refractivity contribution in [1.82, 2.24) is 4.98 Å². The summed E-state index contributed by atoms with van der Waals surface area (Å²) >= 11 is 0. The Bertz CT molecular complexity index is 1100. The van der Waals surface area contributed by atoms with Crippen molar-refractivity contribution in [2.75, 3.05) is 23.3 Å². The molecule has 0 bridgehead atoms. The van der Waals surface area contributed by atoms with E-state index in [0.717, 1.165) is 36.6 Å². The first-order valence-electron chi connectivity index (χ1n) is 10.1. The smallest absolute Gasteiger partial charge is 0.237 e. The number of carbonyl (C=O) groups is 1. The van der Waals surface area contributed by atoms with Gasteiger partial charge in [0.1, 0.15) is 11.7 Å². The number of fused-ring (bicyclic) bond motifs is 1. The fraction of sp³-hybridized carbons (Fsp3) is 0.208. The minimum absolute atomic E-state index is 0.186. The predicted octanol–water partition coefficient (Wildman–Crippen LogP) is 4.65. The molecule has 5 rings (SSSR count). The van der Waals surface area contributed by atoms with E-state index in [2.05, 4.69) is 38.4 Å². The molecule has 0 radical (unpaired) electrons. The van der Waals surface area contributed by atoms with E-state index in [4.69, 9.17) is 0 Å². The number of hydrogen-bond donors (Lipinski definition) is 1. The molecule has 1 saturated heterocycles. The highest BCUT2D eigenvalue weighted by Crippen LogP contribution is 2.33. The molecule has 0 aliphatic carbocycles. The number of aliphatic imine (C=N–C) groups is 1. The summed E-state index contributed by atoms with van der Waals surface area (Å²) in [6.07, 6.45) is 4.52. The van der Waals surface area contributed by atoms with Crippen molar-refractivity contribution in [1.29, 1.82) is 0 Å². The molecule has 150 valence electrons. The highest BCUT2D eigenvalue weighted by Gasteiger charge is 2.29. The molecule has 1 fully saturated rings. The first-order chi connectivity index (χ1) is 14.7. The van der Waals surface area contributed by atoms with E-state index in [1.165, 1.54) is 12.1 Å². The second-order valence-corrected chi connectivity index (χ2v) is 7.68. The van der Waals surface area contributed by atoms with Gasteiger partial charge in [0.2, 0.25) is 5.91 Å². The van der Waals surface area contributed by atoms with E-state index in [-0.39, 0.29) is 11.7 Å². The highest BCUT2D eigenvalue weighted by atomic mass is 19.1. The van der Waals surface area contributed by atoms with E-state index in [9.17, 15) is 9.18 Å². The number of nitrogens with one attached hydrogen (secondary N) is 1. The van der Waals surface area contributed by atoms with Crippen LogP contribution in [0.4, 0.5) is 21.5 Å². The number of pyridine rings is 1. The summed E-state index contributed by atoms with van der Waals surface area (Å²) < 4.78 is 13.6. The normalized spacial score (nSPS) is 20.6. The average Bonchev–Trinajstić information content (AvgIpc) is 3.38. The van der Waals surface area contributed by atoms with Crippen molar-refractivity contribution in [3.05, 3.63) is 83.9 Å².